The zero-order chi connectivity index (χ0) is 26.6. The van der Waals surface area contributed by atoms with E-state index in [4.69, 9.17) is 4.42 Å². The van der Waals surface area contributed by atoms with Gasteiger partial charge in [-0.05, 0) is 56.7 Å². The number of oxazole rings is 1. The highest BCUT2D eigenvalue weighted by atomic mass is 19.4. The lowest BCUT2D eigenvalue weighted by molar-refractivity contribution is -0.376. The number of hydrogen-bond acceptors (Lipinski definition) is 4. The van der Waals surface area contributed by atoms with Crippen LogP contribution in [0.5, 0.6) is 0 Å². The molecule has 4 rings (SSSR count). The van der Waals surface area contributed by atoms with Crippen LogP contribution in [0.25, 0.3) is 22.4 Å². The van der Waals surface area contributed by atoms with Crippen LogP contribution in [0.15, 0.2) is 52.9 Å². The van der Waals surface area contributed by atoms with Crippen LogP contribution in [0.2, 0.25) is 0 Å². The van der Waals surface area contributed by atoms with Gasteiger partial charge in [-0.25, -0.2) is 4.98 Å². The van der Waals surface area contributed by atoms with E-state index in [2.05, 4.69) is 4.98 Å². The van der Waals surface area contributed by atoms with Gasteiger partial charge in [0, 0.05) is 27.7 Å². The topological polar surface area (TPSA) is 71.4 Å². The summed E-state index contributed by atoms with van der Waals surface area (Å²) in [6.07, 6.45) is -12.6. The Morgan fingerprint density at radius 2 is 1.56 bits per heavy atom. The van der Waals surface area contributed by atoms with Crippen molar-refractivity contribution in [2.45, 2.75) is 51.4 Å². The molecule has 36 heavy (non-hydrogen) atoms. The smallest absolute Gasteiger partial charge is 0.430 e. The van der Waals surface area contributed by atoms with Crippen LogP contribution < -0.4 is 0 Å². The van der Waals surface area contributed by atoms with Gasteiger partial charge in [-0.2, -0.15) is 26.3 Å². The predicted molar refractivity (Wildman–Crippen MR) is 119 cm³/mol. The van der Waals surface area contributed by atoms with Crippen molar-refractivity contribution in [3.05, 3.63) is 76.8 Å². The second-order valence-corrected chi connectivity index (χ2v) is 8.67. The molecule has 0 aliphatic carbocycles. The molecular weight excluding hydrogens is 490 g/mol. The third-order valence-electron chi connectivity index (χ3n) is 6.19. The Balaban J connectivity index is 1.70. The van der Waals surface area contributed by atoms with Crippen molar-refractivity contribution >= 4 is 10.9 Å². The number of alkyl halides is 6. The minimum atomic E-state index is -5.96. The summed E-state index contributed by atoms with van der Waals surface area (Å²) in [6, 6.07) is 10.9. The van der Waals surface area contributed by atoms with Gasteiger partial charge in [0.25, 0.3) is 5.60 Å². The molecule has 1 unspecified atom stereocenters. The number of hydrogen-bond donors (Lipinski definition) is 2. The lowest BCUT2D eigenvalue weighted by Crippen LogP contribution is -2.53. The molecule has 2 aromatic carbocycles. The summed E-state index contributed by atoms with van der Waals surface area (Å²) >= 11 is 0. The highest BCUT2D eigenvalue weighted by Crippen LogP contribution is 2.50. The van der Waals surface area contributed by atoms with Gasteiger partial charge in [-0.3, -0.25) is 0 Å². The Hall–Kier alpha value is -3.31. The fourth-order valence-corrected chi connectivity index (χ4v) is 4.08. The second-order valence-electron chi connectivity index (χ2n) is 8.67. The van der Waals surface area contributed by atoms with E-state index in [1.807, 2.05) is 0 Å². The van der Waals surface area contributed by atoms with Gasteiger partial charge >= 0.3 is 12.4 Å². The van der Waals surface area contributed by atoms with Crippen LogP contribution >= 0.6 is 0 Å². The number of nitrogens with zero attached hydrogens (tertiary/aromatic N) is 2. The van der Waals surface area contributed by atoms with Crippen molar-refractivity contribution < 1.29 is 41.0 Å². The van der Waals surface area contributed by atoms with Crippen molar-refractivity contribution in [3.63, 3.8) is 0 Å². The molecule has 2 aromatic heterocycles. The van der Waals surface area contributed by atoms with Crippen molar-refractivity contribution in [2.24, 2.45) is 0 Å². The zero-order valence-electron chi connectivity index (χ0n) is 19.4. The average molecular weight is 512 g/mol. The maximum Gasteiger partial charge on any atom is 0.430 e. The van der Waals surface area contributed by atoms with E-state index in [1.165, 1.54) is 6.07 Å². The summed E-state index contributed by atoms with van der Waals surface area (Å²) < 4.78 is 87.3. The first kappa shape index (κ1) is 25.8. The third kappa shape index (κ3) is 4.26. The van der Waals surface area contributed by atoms with Crippen LogP contribution in [-0.4, -0.2) is 32.1 Å². The Morgan fingerprint density at radius 1 is 0.944 bits per heavy atom. The highest BCUT2D eigenvalue weighted by Gasteiger charge is 2.71. The van der Waals surface area contributed by atoms with Gasteiger partial charge in [-0.1, -0.05) is 18.2 Å². The second kappa shape index (κ2) is 8.67. The number of aliphatic hydroxyl groups excluding tert-OH is 1. The van der Waals surface area contributed by atoms with Crippen molar-refractivity contribution in [2.75, 3.05) is 0 Å². The number of aliphatic hydroxyl groups is 2. The SMILES string of the molecule is Cc1oc(-c2ccc(C(C)O)cc2)nc1Cn1c(C)cc2cc(C(O)(C(F)(F)F)C(F)(F)F)ccc21. The van der Waals surface area contributed by atoms with Crippen molar-refractivity contribution in [1.29, 1.82) is 0 Å². The normalized spacial score (nSPS) is 14.0. The molecule has 11 heteroatoms. The summed E-state index contributed by atoms with van der Waals surface area (Å²) in [5.41, 5.74) is -3.46. The Kier molecular flexibility index (Phi) is 6.20. The van der Waals surface area contributed by atoms with Crippen LogP contribution in [0.1, 0.15) is 41.3 Å². The fraction of sp³-hybridized carbons (Fsp3) is 0.320. The van der Waals surface area contributed by atoms with E-state index in [0.717, 1.165) is 11.6 Å². The molecule has 0 fully saturated rings. The molecule has 2 N–H and O–H groups in total. The van der Waals surface area contributed by atoms with Gasteiger partial charge in [0.1, 0.15) is 11.5 Å². The van der Waals surface area contributed by atoms with Crippen LogP contribution in [-0.2, 0) is 12.1 Å². The number of halogens is 6. The van der Waals surface area contributed by atoms with Gasteiger partial charge in [0.05, 0.1) is 12.6 Å². The summed E-state index contributed by atoms with van der Waals surface area (Å²) in [4.78, 5) is 4.51. The van der Waals surface area contributed by atoms with E-state index in [1.54, 1.807) is 49.6 Å². The average Bonchev–Trinajstić information content (AvgIpc) is 3.30. The first-order valence-corrected chi connectivity index (χ1v) is 10.8. The minimum absolute atomic E-state index is 0.104. The van der Waals surface area contributed by atoms with E-state index in [9.17, 15) is 36.6 Å². The molecule has 0 amide bonds. The number of aryl methyl sites for hydroxylation is 2. The van der Waals surface area contributed by atoms with Gasteiger partial charge in [0.15, 0.2) is 0 Å². The largest absolute Gasteiger partial charge is 0.441 e. The molecule has 0 saturated carbocycles. The Bertz CT molecular complexity index is 1380. The standard InChI is InChI=1S/C25H22F6N2O3/c1-13-10-18-11-19(23(35,24(26,27)28)25(29,30)31)8-9-21(18)33(13)12-20-15(3)36-22(32-20)17-6-4-16(5-7-17)14(2)34/h4-11,14,34-35H,12H2,1-3H3. The number of aromatic nitrogens is 2. The molecule has 0 bridgehead atoms. The molecule has 0 saturated heterocycles. The summed E-state index contributed by atoms with van der Waals surface area (Å²) in [7, 11) is 0. The molecule has 0 aliphatic rings. The maximum absolute atomic E-state index is 13.3. The van der Waals surface area contributed by atoms with Crippen LogP contribution in [0, 0.1) is 13.8 Å². The molecule has 5 nitrogen and oxygen atoms in total. The minimum Gasteiger partial charge on any atom is -0.441 e. The summed E-state index contributed by atoms with van der Waals surface area (Å²) in [5, 5.41) is 19.5. The molecule has 192 valence electrons. The molecule has 1 atom stereocenters. The van der Waals surface area contributed by atoms with E-state index in [0.29, 0.717) is 46.3 Å². The highest BCUT2D eigenvalue weighted by molar-refractivity contribution is 5.82. The van der Waals surface area contributed by atoms with Gasteiger partial charge in [0.2, 0.25) is 5.89 Å². The number of benzene rings is 2. The molecule has 0 radical (unpaired) electrons. The number of fused-ring (bicyclic) bond motifs is 1. The Labute approximate surface area is 201 Å². The van der Waals surface area contributed by atoms with Crippen LogP contribution in [0.3, 0.4) is 0 Å². The van der Waals surface area contributed by atoms with E-state index in [-0.39, 0.29) is 11.9 Å². The monoisotopic (exact) mass is 512 g/mol. The molecule has 4 aromatic rings. The summed E-state index contributed by atoms with van der Waals surface area (Å²) in [5.74, 6) is 0.822. The lowest BCUT2D eigenvalue weighted by atomic mass is 9.91. The predicted octanol–water partition coefficient (Wildman–Crippen LogP) is 6.33. The fourth-order valence-electron chi connectivity index (χ4n) is 4.08. The quantitative estimate of drug-likeness (QED) is 0.307. The lowest BCUT2D eigenvalue weighted by Gasteiger charge is -2.32. The first-order valence-electron chi connectivity index (χ1n) is 10.8. The summed E-state index contributed by atoms with van der Waals surface area (Å²) in [6.45, 7) is 5.15. The van der Waals surface area contributed by atoms with Crippen molar-refractivity contribution in [3.8, 4) is 11.5 Å². The molecular formula is C25H22F6N2O3. The first-order chi connectivity index (χ1) is 16.6. The van der Waals surface area contributed by atoms with Gasteiger partial charge < -0.3 is 19.2 Å². The third-order valence-corrected chi connectivity index (χ3v) is 6.19. The zero-order valence-corrected chi connectivity index (χ0v) is 19.4. The van der Waals surface area contributed by atoms with Crippen LogP contribution in [0.4, 0.5) is 26.3 Å². The van der Waals surface area contributed by atoms with Gasteiger partial charge in [-0.15, -0.1) is 0 Å². The Morgan fingerprint density at radius 3 is 2.11 bits per heavy atom. The molecule has 0 spiro atoms. The molecule has 0 aliphatic heterocycles. The molecule has 2 heterocycles. The van der Waals surface area contributed by atoms with Crippen molar-refractivity contribution in [1.82, 2.24) is 9.55 Å². The maximum atomic E-state index is 13.3. The van der Waals surface area contributed by atoms with E-state index >= 15 is 0 Å². The van der Waals surface area contributed by atoms with E-state index < -0.39 is 29.6 Å². The number of rotatable bonds is 5.